The minimum atomic E-state index is -0.556. The normalized spacial score (nSPS) is 25.5. The van der Waals surface area contributed by atoms with Gasteiger partial charge in [0, 0.05) is 32.8 Å². The lowest BCUT2D eigenvalue weighted by molar-refractivity contribution is -0.0321. The number of rotatable bonds is 4. The summed E-state index contributed by atoms with van der Waals surface area (Å²) in [4.78, 5) is 2.30. The first kappa shape index (κ1) is 15.8. The monoisotopic (exact) mass is 305 g/mol. The van der Waals surface area contributed by atoms with E-state index in [-0.39, 0.29) is 6.10 Å². The van der Waals surface area contributed by atoms with Crippen LogP contribution >= 0.6 is 0 Å². The molecular formula is C16H24BNO4. The highest BCUT2D eigenvalue weighted by atomic mass is 16.7. The van der Waals surface area contributed by atoms with E-state index in [0.29, 0.717) is 19.8 Å². The average Bonchev–Trinajstić information content (AvgIpc) is 2.43. The van der Waals surface area contributed by atoms with E-state index in [1.807, 2.05) is 0 Å². The van der Waals surface area contributed by atoms with Crippen LogP contribution in [0.1, 0.15) is 18.1 Å². The maximum Gasteiger partial charge on any atom is 0.639 e. The van der Waals surface area contributed by atoms with Gasteiger partial charge in [-0.2, -0.15) is 0 Å². The summed E-state index contributed by atoms with van der Waals surface area (Å²) in [6.07, 6.45) is 0.964. The molecule has 4 rings (SSSR count). The Morgan fingerprint density at radius 1 is 1.23 bits per heavy atom. The van der Waals surface area contributed by atoms with Crippen molar-refractivity contribution in [3.05, 3.63) is 29.3 Å². The highest BCUT2D eigenvalue weighted by Gasteiger charge is 2.32. The Morgan fingerprint density at radius 3 is 2.73 bits per heavy atom. The average molecular weight is 305 g/mol. The molecule has 0 radical (unpaired) electrons. The van der Waals surface area contributed by atoms with Gasteiger partial charge in [0.1, 0.15) is 12.4 Å². The van der Waals surface area contributed by atoms with E-state index in [4.69, 9.17) is 18.7 Å². The van der Waals surface area contributed by atoms with Crippen molar-refractivity contribution in [2.45, 2.75) is 26.4 Å². The molecule has 6 heteroatoms. The van der Waals surface area contributed by atoms with Crippen LogP contribution in [-0.2, 0) is 20.4 Å². The molecule has 5 nitrogen and oxygen atoms in total. The summed E-state index contributed by atoms with van der Waals surface area (Å²) in [6, 6.07) is 6.36. The Kier molecular flexibility index (Phi) is 5.36. The van der Waals surface area contributed by atoms with Gasteiger partial charge in [0.15, 0.2) is 0 Å². The van der Waals surface area contributed by atoms with Crippen LogP contribution in [0.4, 0.5) is 0 Å². The number of hydrogen-bond acceptors (Lipinski definition) is 5. The predicted molar refractivity (Wildman–Crippen MR) is 85.0 cm³/mol. The van der Waals surface area contributed by atoms with Crippen LogP contribution in [0.15, 0.2) is 18.2 Å². The van der Waals surface area contributed by atoms with E-state index >= 15 is 0 Å². The van der Waals surface area contributed by atoms with Gasteiger partial charge in [0.05, 0.1) is 6.10 Å². The van der Waals surface area contributed by atoms with Gasteiger partial charge in [-0.05, 0) is 36.6 Å². The fourth-order valence-electron chi connectivity index (χ4n) is 2.86. The summed E-state index contributed by atoms with van der Waals surface area (Å²) in [5.74, 6) is 0.907. The van der Waals surface area contributed by atoms with E-state index in [1.165, 1.54) is 11.1 Å². The standard InChI is InChI=1S/C16H24BNO4/c1-3-14-8-13(2)9-15(10-14)19-12-16-11-18-4-6-20-17(22-16)21-7-5-18/h8-10,16H,3-7,11-12H2,1-2H3/t16-/m1/s1. The number of aryl methyl sites for hydroxylation is 2. The van der Waals surface area contributed by atoms with Crippen molar-refractivity contribution in [2.75, 3.05) is 39.5 Å². The van der Waals surface area contributed by atoms with E-state index in [0.717, 1.165) is 31.8 Å². The molecule has 3 heterocycles. The van der Waals surface area contributed by atoms with Gasteiger partial charge in [-0.1, -0.05) is 13.0 Å². The van der Waals surface area contributed by atoms with Crippen molar-refractivity contribution in [1.29, 1.82) is 0 Å². The van der Waals surface area contributed by atoms with E-state index in [1.54, 1.807) is 0 Å². The van der Waals surface area contributed by atoms with Crippen LogP contribution in [0.3, 0.4) is 0 Å². The zero-order valence-electron chi connectivity index (χ0n) is 13.4. The quantitative estimate of drug-likeness (QED) is 0.791. The first-order chi connectivity index (χ1) is 10.7. The Morgan fingerprint density at radius 2 is 2.00 bits per heavy atom. The van der Waals surface area contributed by atoms with E-state index in [2.05, 4.69) is 36.9 Å². The van der Waals surface area contributed by atoms with Crippen LogP contribution in [0.2, 0.25) is 0 Å². The fourth-order valence-corrected chi connectivity index (χ4v) is 2.86. The first-order valence-electron chi connectivity index (χ1n) is 8.07. The third kappa shape index (κ3) is 4.23. The SMILES string of the molecule is CCc1cc(C)cc(OC[C@H]2CN3CCOB(OCC3)O2)c1. The molecule has 1 aromatic rings. The lowest BCUT2D eigenvalue weighted by Crippen LogP contribution is -2.51. The third-order valence-electron chi connectivity index (χ3n) is 4.04. The molecule has 1 aromatic carbocycles. The molecule has 0 spiro atoms. The summed E-state index contributed by atoms with van der Waals surface area (Å²) < 4.78 is 22.9. The fraction of sp³-hybridized carbons (Fsp3) is 0.625. The molecule has 0 N–H and O–H groups in total. The second-order valence-electron chi connectivity index (χ2n) is 5.91. The molecule has 3 fully saturated rings. The number of hydrogen-bond donors (Lipinski definition) is 0. The van der Waals surface area contributed by atoms with Crippen molar-refractivity contribution in [3.63, 3.8) is 0 Å². The second kappa shape index (κ2) is 7.46. The van der Waals surface area contributed by atoms with Gasteiger partial charge in [-0.15, -0.1) is 0 Å². The molecule has 3 aliphatic rings. The minimum Gasteiger partial charge on any atom is -0.491 e. The van der Waals surface area contributed by atoms with Gasteiger partial charge in [0.25, 0.3) is 0 Å². The van der Waals surface area contributed by atoms with Crippen molar-refractivity contribution < 1.29 is 18.7 Å². The number of benzene rings is 1. The summed E-state index contributed by atoms with van der Waals surface area (Å²) in [5.41, 5.74) is 2.51. The number of fused-ring (bicyclic) bond motifs is 6. The Hall–Kier alpha value is -1.08. The third-order valence-corrected chi connectivity index (χ3v) is 4.04. The van der Waals surface area contributed by atoms with Crippen LogP contribution in [0, 0.1) is 6.92 Å². The highest BCUT2D eigenvalue weighted by molar-refractivity contribution is 6.36. The van der Waals surface area contributed by atoms with Crippen molar-refractivity contribution in [3.8, 4) is 5.75 Å². The van der Waals surface area contributed by atoms with Gasteiger partial charge in [-0.25, -0.2) is 0 Å². The topological polar surface area (TPSA) is 40.2 Å². The highest BCUT2D eigenvalue weighted by Crippen LogP contribution is 2.19. The summed E-state index contributed by atoms with van der Waals surface area (Å²) in [6.45, 7) is 8.75. The van der Waals surface area contributed by atoms with Gasteiger partial charge < -0.3 is 18.7 Å². The maximum atomic E-state index is 5.97. The van der Waals surface area contributed by atoms with Crippen LogP contribution in [0.25, 0.3) is 0 Å². The number of nitrogens with zero attached hydrogens (tertiary/aromatic N) is 1. The van der Waals surface area contributed by atoms with Gasteiger partial charge in [0.2, 0.25) is 0 Å². The molecule has 0 unspecified atom stereocenters. The van der Waals surface area contributed by atoms with Crippen molar-refractivity contribution in [1.82, 2.24) is 4.90 Å². The van der Waals surface area contributed by atoms with Gasteiger partial charge >= 0.3 is 7.32 Å². The van der Waals surface area contributed by atoms with E-state index < -0.39 is 7.32 Å². The van der Waals surface area contributed by atoms with Crippen LogP contribution < -0.4 is 4.74 Å². The molecule has 120 valence electrons. The smallest absolute Gasteiger partial charge is 0.491 e. The summed E-state index contributed by atoms with van der Waals surface area (Å²) >= 11 is 0. The van der Waals surface area contributed by atoms with Crippen molar-refractivity contribution in [2.24, 2.45) is 0 Å². The first-order valence-corrected chi connectivity index (χ1v) is 8.07. The van der Waals surface area contributed by atoms with Crippen molar-refractivity contribution >= 4 is 7.32 Å². The zero-order valence-corrected chi connectivity index (χ0v) is 13.4. The molecule has 1 atom stereocenters. The molecule has 0 saturated carbocycles. The molecule has 3 saturated heterocycles. The molecule has 0 aliphatic carbocycles. The summed E-state index contributed by atoms with van der Waals surface area (Å²) in [5, 5.41) is 0. The van der Waals surface area contributed by atoms with Gasteiger partial charge in [-0.3, -0.25) is 4.90 Å². The molecular weight excluding hydrogens is 281 g/mol. The Balaban J connectivity index is 1.61. The molecule has 0 amide bonds. The Labute approximate surface area is 132 Å². The largest absolute Gasteiger partial charge is 0.639 e. The lowest BCUT2D eigenvalue weighted by Gasteiger charge is -2.34. The molecule has 0 aromatic heterocycles. The zero-order chi connectivity index (χ0) is 15.4. The molecule has 22 heavy (non-hydrogen) atoms. The number of ether oxygens (including phenoxy) is 1. The summed E-state index contributed by atoms with van der Waals surface area (Å²) in [7, 11) is -0.556. The predicted octanol–water partition coefficient (Wildman–Crippen LogP) is 1.67. The van der Waals surface area contributed by atoms with Crippen LogP contribution in [-0.4, -0.2) is 57.8 Å². The Bertz CT molecular complexity index is 475. The van der Waals surface area contributed by atoms with E-state index in [9.17, 15) is 0 Å². The minimum absolute atomic E-state index is 0.0452. The maximum absolute atomic E-state index is 5.97. The lowest BCUT2D eigenvalue weighted by atomic mass is 10.1. The van der Waals surface area contributed by atoms with Crippen LogP contribution in [0.5, 0.6) is 5.75 Å². The molecule has 3 aliphatic heterocycles. The second-order valence-corrected chi connectivity index (χ2v) is 5.91. The molecule has 2 bridgehead atoms.